The molecule has 0 aromatic carbocycles. The zero-order chi connectivity index (χ0) is 11.5. The van der Waals surface area contributed by atoms with Gasteiger partial charge < -0.3 is 10.3 Å². The van der Waals surface area contributed by atoms with Crippen LogP contribution >= 0.6 is 11.6 Å². The molecule has 0 spiro atoms. The molecule has 2 N–H and O–H groups in total. The van der Waals surface area contributed by atoms with Crippen molar-refractivity contribution in [3.8, 4) is 0 Å². The summed E-state index contributed by atoms with van der Waals surface area (Å²) in [5, 5.41) is 4.43. The SMILES string of the molecule is Nc1nn(CCn2ccccc2=O)cc1Cl. The number of nitrogens with zero attached hydrogens (tertiary/aromatic N) is 3. The van der Waals surface area contributed by atoms with E-state index in [0.717, 1.165) is 0 Å². The van der Waals surface area contributed by atoms with Gasteiger partial charge in [-0.3, -0.25) is 9.48 Å². The van der Waals surface area contributed by atoms with Gasteiger partial charge in [0.05, 0.1) is 6.54 Å². The third-order valence-corrected chi connectivity index (χ3v) is 2.50. The van der Waals surface area contributed by atoms with Crippen LogP contribution in [0.2, 0.25) is 5.02 Å². The molecule has 16 heavy (non-hydrogen) atoms. The Hall–Kier alpha value is -1.75. The average molecular weight is 239 g/mol. The Morgan fingerprint density at radius 3 is 2.81 bits per heavy atom. The topological polar surface area (TPSA) is 65.8 Å². The van der Waals surface area contributed by atoms with Gasteiger partial charge in [-0.1, -0.05) is 17.7 Å². The van der Waals surface area contributed by atoms with Gasteiger partial charge in [0.1, 0.15) is 5.02 Å². The number of pyridine rings is 1. The summed E-state index contributed by atoms with van der Waals surface area (Å²) in [4.78, 5) is 11.4. The van der Waals surface area contributed by atoms with E-state index >= 15 is 0 Å². The van der Waals surface area contributed by atoms with Crippen LogP contribution < -0.4 is 11.3 Å². The van der Waals surface area contributed by atoms with Crippen LogP contribution in [-0.2, 0) is 13.1 Å². The molecule has 0 saturated heterocycles. The van der Waals surface area contributed by atoms with Crippen molar-refractivity contribution in [3.05, 3.63) is 46.0 Å². The molecule has 6 heteroatoms. The van der Waals surface area contributed by atoms with Gasteiger partial charge in [-0.2, -0.15) is 5.10 Å². The number of aryl methyl sites for hydroxylation is 2. The molecule has 0 unspecified atom stereocenters. The van der Waals surface area contributed by atoms with Gasteiger partial charge in [-0.15, -0.1) is 0 Å². The molecule has 0 fully saturated rings. The number of halogens is 1. The van der Waals surface area contributed by atoms with E-state index in [4.69, 9.17) is 17.3 Å². The molecular formula is C10H11ClN4O. The third-order valence-electron chi connectivity index (χ3n) is 2.21. The largest absolute Gasteiger partial charge is 0.381 e. The first-order valence-electron chi connectivity index (χ1n) is 4.81. The van der Waals surface area contributed by atoms with Crippen LogP contribution in [0.25, 0.3) is 0 Å². The Morgan fingerprint density at radius 2 is 2.19 bits per heavy atom. The lowest BCUT2D eigenvalue weighted by molar-refractivity contribution is 0.525. The van der Waals surface area contributed by atoms with Crippen molar-refractivity contribution >= 4 is 17.4 Å². The van der Waals surface area contributed by atoms with Crippen molar-refractivity contribution in [2.24, 2.45) is 0 Å². The molecule has 5 nitrogen and oxygen atoms in total. The monoisotopic (exact) mass is 238 g/mol. The maximum Gasteiger partial charge on any atom is 0.250 e. The van der Waals surface area contributed by atoms with Crippen LogP contribution in [0.5, 0.6) is 0 Å². The summed E-state index contributed by atoms with van der Waals surface area (Å²) in [7, 11) is 0. The van der Waals surface area contributed by atoms with Crippen LogP contribution in [0.15, 0.2) is 35.4 Å². The van der Waals surface area contributed by atoms with Crippen molar-refractivity contribution in [2.75, 3.05) is 5.73 Å². The number of rotatable bonds is 3. The highest BCUT2D eigenvalue weighted by Gasteiger charge is 2.02. The second kappa shape index (κ2) is 4.40. The molecule has 2 rings (SSSR count). The third kappa shape index (κ3) is 2.25. The normalized spacial score (nSPS) is 10.6. The van der Waals surface area contributed by atoms with E-state index < -0.39 is 0 Å². The van der Waals surface area contributed by atoms with Gasteiger partial charge in [0.25, 0.3) is 5.56 Å². The number of nitrogen functional groups attached to an aromatic ring is 1. The van der Waals surface area contributed by atoms with Crippen molar-refractivity contribution in [2.45, 2.75) is 13.1 Å². The molecule has 2 aromatic rings. The zero-order valence-corrected chi connectivity index (χ0v) is 9.26. The average Bonchev–Trinajstić information content (AvgIpc) is 2.57. The number of hydrogen-bond donors (Lipinski definition) is 1. The smallest absolute Gasteiger partial charge is 0.250 e. The van der Waals surface area contributed by atoms with E-state index in [2.05, 4.69) is 5.10 Å². The van der Waals surface area contributed by atoms with Crippen LogP contribution in [0.1, 0.15) is 0 Å². The minimum Gasteiger partial charge on any atom is -0.381 e. The molecular weight excluding hydrogens is 228 g/mol. The van der Waals surface area contributed by atoms with Crippen LogP contribution in [0, 0.1) is 0 Å². The first kappa shape index (κ1) is 10.8. The predicted octanol–water partition coefficient (Wildman–Crippen LogP) is 0.981. The Morgan fingerprint density at radius 1 is 1.38 bits per heavy atom. The van der Waals surface area contributed by atoms with Crippen molar-refractivity contribution < 1.29 is 0 Å². The second-order valence-electron chi connectivity index (χ2n) is 3.36. The quantitative estimate of drug-likeness (QED) is 0.867. The molecule has 0 saturated carbocycles. The summed E-state index contributed by atoms with van der Waals surface area (Å²) in [5.41, 5.74) is 5.47. The van der Waals surface area contributed by atoms with E-state index in [1.54, 1.807) is 27.7 Å². The van der Waals surface area contributed by atoms with Crippen LogP contribution in [-0.4, -0.2) is 14.3 Å². The lowest BCUT2D eigenvalue weighted by atomic mass is 10.4. The maximum absolute atomic E-state index is 11.4. The number of nitrogens with two attached hydrogens (primary N) is 1. The molecule has 0 atom stereocenters. The molecule has 0 radical (unpaired) electrons. The standard InChI is InChI=1S/C10H11ClN4O/c11-8-7-15(13-10(8)12)6-5-14-4-2-1-3-9(14)16/h1-4,7H,5-6H2,(H2,12,13). The van der Waals surface area contributed by atoms with Crippen molar-refractivity contribution in [1.82, 2.24) is 14.3 Å². The molecule has 2 heterocycles. The Kier molecular flexibility index (Phi) is 2.96. The number of anilines is 1. The van der Waals surface area contributed by atoms with E-state index in [1.165, 1.54) is 6.07 Å². The van der Waals surface area contributed by atoms with Gasteiger partial charge >= 0.3 is 0 Å². The van der Waals surface area contributed by atoms with Gasteiger partial charge in [-0.25, -0.2) is 0 Å². The summed E-state index contributed by atoms with van der Waals surface area (Å²) >= 11 is 5.77. The summed E-state index contributed by atoms with van der Waals surface area (Å²) < 4.78 is 3.23. The van der Waals surface area contributed by atoms with E-state index in [0.29, 0.717) is 23.9 Å². The van der Waals surface area contributed by atoms with E-state index in [9.17, 15) is 4.79 Å². The van der Waals surface area contributed by atoms with Gasteiger partial charge in [0, 0.05) is 25.0 Å². The van der Waals surface area contributed by atoms with E-state index in [-0.39, 0.29) is 5.56 Å². The Labute approximate surface area is 97.1 Å². The molecule has 2 aromatic heterocycles. The summed E-state index contributed by atoms with van der Waals surface area (Å²) in [6.07, 6.45) is 3.38. The summed E-state index contributed by atoms with van der Waals surface area (Å²) in [6, 6.07) is 5.04. The van der Waals surface area contributed by atoms with Crippen molar-refractivity contribution in [3.63, 3.8) is 0 Å². The summed E-state index contributed by atoms with van der Waals surface area (Å²) in [6.45, 7) is 1.10. The van der Waals surface area contributed by atoms with Gasteiger partial charge in [0.15, 0.2) is 5.82 Å². The van der Waals surface area contributed by atoms with Crippen molar-refractivity contribution in [1.29, 1.82) is 0 Å². The Bertz CT molecular complexity index is 526. The maximum atomic E-state index is 11.4. The Balaban J connectivity index is 2.08. The highest BCUT2D eigenvalue weighted by atomic mass is 35.5. The van der Waals surface area contributed by atoms with E-state index in [1.807, 2.05) is 6.07 Å². The van der Waals surface area contributed by atoms with Crippen LogP contribution in [0.4, 0.5) is 5.82 Å². The fourth-order valence-electron chi connectivity index (χ4n) is 1.38. The second-order valence-corrected chi connectivity index (χ2v) is 3.76. The summed E-state index contributed by atoms with van der Waals surface area (Å²) in [5.74, 6) is 0.307. The molecule has 0 aliphatic heterocycles. The van der Waals surface area contributed by atoms with Crippen LogP contribution in [0.3, 0.4) is 0 Å². The zero-order valence-electron chi connectivity index (χ0n) is 8.51. The lowest BCUT2D eigenvalue weighted by Crippen LogP contribution is -2.20. The highest BCUT2D eigenvalue weighted by Crippen LogP contribution is 2.14. The number of hydrogen-bond acceptors (Lipinski definition) is 3. The minimum atomic E-state index is -0.0336. The molecule has 84 valence electrons. The fourth-order valence-corrected chi connectivity index (χ4v) is 1.53. The lowest BCUT2D eigenvalue weighted by Gasteiger charge is -2.04. The molecule has 0 amide bonds. The predicted molar refractivity (Wildman–Crippen MR) is 62.4 cm³/mol. The fraction of sp³-hybridized carbons (Fsp3) is 0.200. The van der Waals surface area contributed by atoms with Gasteiger partial charge in [-0.05, 0) is 6.07 Å². The first-order chi connectivity index (χ1) is 7.66. The molecule has 0 bridgehead atoms. The minimum absolute atomic E-state index is 0.0336. The number of aromatic nitrogens is 3. The first-order valence-corrected chi connectivity index (χ1v) is 5.18. The highest BCUT2D eigenvalue weighted by molar-refractivity contribution is 6.32. The molecule has 0 aliphatic rings. The molecule has 0 aliphatic carbocycles. The van der Waals surface area contributed by atoms with Gasteiger partial charge in [0.2, 0.25) is 0 Å².